The molecule has 7 nitrogen and oxygen atoms in total. The number of morpholine rings is 1. The van der Waals surface area contributed by atoms with Crippen LogP contribution in [0.4, 0.5) is 5.69 Å². The molecule has 1 fully saturated rings. The van der Waals surface area contributed by atoms with Gasteiger partial charge in [0.15, 0.2) is 0 Å². The predicted octanol–water partition coefficient (Wildman–Crippen LogP) is 0.777. The van der Waals surface area contributed by atoms with Crippen LogP contribution < -0.4 is 0 Å². The monoisotopic (exact) mass is 260 g/mol. The average Bonchev–Trinajstić information content (AvgIpc) is 2.69. The van der Waals surface area contributed by atoms with E-state index in [0.29, 0.717) is 6.54 Å². The van der Waals surface area contributed by atoms with Crippen LogP contribution >= 0.6 is 11.6 Å². The van der Waals surface area contributed by atoms with Crippen LogP contribution in [0, 0.1) is 10.1 Å². The highest BCUT2D eigenvalue weighted by Crippen LogP contribution is 2.22. The van der Waals surface area contributed by atoms with Crippen molar-refractivity contribution >= 4 is 17.3 Å². The quantitative estimate of drug-likeness (QED) is 0.591. The number of halogens is 1. The molecule has 0 amide bonds. The molecule has 0 radical (unpaired) electrons. The second-order valence-corrected chi connectivity index (χ2v) is 4.11. The first kappa shape index (κ1) is 12.3. The lowest BCUT2D eigenvalue weighted by atomic mass is 10.4. The summed E-state index contributed by atoms with van der Waals surface area (Å²) in [5.74, 6) is 0. The van der Waals surface area contributed by atoms with E-state index in [2.05, 4.69) is 10.00 Å². The third-order valence-electron chi connectivity index (χ3n) is 2.69. The Morgan fingerprint density at radius 1 is 1.47 bits per heavy atom. The van der Waals surface area contributed by atoms with Crippen LogP contribution in [0.2, 0.25) is 5.15 Å². The van der Waals surface area contributed by atoms with Gasteiger partial charge in [0.05, 0.1) is 24.7 Å². The molecular formula is C9H13ClN4O3. The number of hydrogen-bond acceptors (Lipinski definition) is 5. The van der Waals surface area contributed by atoms with E-state index in [-0.39, 0.29) is 10.8 Å². The molecule has 2 heterocycles. The zero-order chi connectivity index (χ0) is 12.3. The molecule has 1 aromatic heterocycles. The minimum absolute atomic E-state index is 0.0864. The molecule has 0 N–H and O–H groups in total. The largest absolute Gasteiger partial charge is 0.379 e. The normalized spacial score (nSPS) is 17.2. The third-order valence-corrected chi connectivity index (χ3v) is 3.07. The molecule has 1 aliphatic heterocycles. The van der Waals surface area contributed by atoms with Crippen molar-refractivity contribution in [1.82, 2.24) is 14.7 Å². The molecule has 0 aliphatic carbocycles. The van der Waals surface area contributed by atoms with Crippen LogP contribution in [0.1, 0.15) is 0 Å². The van der Waals surface area contributed by atoms with Crippen molar-refractivity contribution in [2.45, 2.75) is 6.54 Å². The van der Waals surface area contributed by atoms with Gasteiger partial charge in [0.2, 0.25) is 5.15 Å². The fourth-order valence-corrected chi connectivity index (χ4v) is 1.95. The van der Waals surface area contributed by atoms with Gasteiger partial charge in [-0.15, -0.1) is 0 Å². The summed E-state index contributed by atoms with van der Waals surface area (Å²) in [5.41, 5.74) is -0.145. The Bertz CT molecular complexity index is 403. The van der Waals surface area contributed by atoms with Crippen LogP contribution in [0.3, 0.4) is 0 Å². The number of nitro groups is 1. The number of aromatic nitrogens is 2. The highest BCUT2D eigenvalue weighted by atomic mass is 35.5. The number of rotatable bonds is 4. The third kappa shape index (κ3) is 2.93. The highest BCUT2D eigenvalue weighted by molar-refractivity contribution is 6.31. The maximum Gasteiger partial charge on any atom is 0.325 e. The maximum absolute atomic E-state index is 10.6. The minimum Gasteiger partial charge on any atom is -0.379 e. The van der Waals surface area contributed by atoms with Crippen LogP contribution in [-0.4, -0.2) is 52.5 Å². The van der Waals surface area contributed by atoms with Crippen LogP contribution in [0.15, 0.2) is 6.20 Å². The minimum atomic E-state index is -0.527. The lowest BCUT2D eigenvalue weighted by Gasteiger charge is -2.26. The fraction of sp³-hybridized carbons (Fsp3) is 0.667. The first-order chi connectivity index (χ1) is 8.18. The molecule has 8 heteroatoms. The Balaban J connectivity index is 1.92. The number of nitrogens with zero attached hydrogens (tertiary/aromatic N) is 4. The summed E-state index contributed by atoms with van der Waals surface area (Å²) in [5, 5.41) is 14.6. The fourth-order valence-electron chi connectivity index (χ4n) is 1.70. The Kier molecular flexibility index (Phi) is 3.93. The Hall–Kier alpha value is -1.18. The van der Waals surface area contributed by atoms with E-state index >= 15 is 0 Å². The number of hydrogen-bond donors (Lipinski definition) is 0. The van der Waals surface area contributed by atoms with Gasteiger partial charge < -0.3 is 4.74 Å². The molecule has 0 bridgehead atoms. The molecule has 0 atom stereocenters. The van der Waals surface area contributed by atoms with E-state index in [4.69, 9.17) is 16.3 Å². The molecule has 94 valence electrons. The van der Waals surface area contributed by atoms with E-state index in [9.17, 15) is 10.1 Å². The highest BCUT2D eigenvalue weighted by Gasteiger charge is 2.19. The Morgan fingerprint density at radius 3 is 2.76 bits per heavy atom. The molecule has 1 aliphatic rings. The van der Waals surface area contributed by atoms with Gasteiger partial charge in [-0.3, -0.25) is 15.0 Å². The summed E-state index contributed by atoms with van der Waals surface area (Å²) in [4.78, 5) is 12.3. The van der Waals surface area contributed by atoms with E-state index in [1.165, 1.54) is 10.9 Å². The van der Waals surface area contributed by atoms with E-state index in [1.807, 2.05) is 0 Å². The van der Waals surface area contributed by atoms with E-state index in [0.717, 1.165) is 32.8 Å². The SMILES string of the molecule is O=[N+]([O-])c1cnn(CCN2CCOCC2)c1Cl. The summed E-state index contributed by atoms with van der Waals surface area (Å²) in [7, 11) is 0. The lowest BCUT2D eigenvalue weighted by Crippen LogP contribution is -2.38. The van der Waals surface area contributed by atoms with Gasteiger partial charge in [0, 0.05) is 19.6 Å². The second-order valence-electron chi connectivity index (χ2n) is 3.75. The summed E-state index contributed by atoms with van der Waals surface area (Å²) in [6.07, 6.45) is 1.18. The second kappa shape index (κ2) is 5.44. The molecular weight excluding hydrogens is 248 g/mol. The molecule has 1 aromatic rings. The van der Waals surface area contributed by atoms with Crippen molar-refractivity contribution in [1.29, 1.82) is 0 Å². The van der Waals surface area contributed by atoms with Crippen LogP contribution in [-0.2, 0) is 11.3 Å². The summed E-state index contributed by atoms with van der Waals surface area (Å²) in [6.45, 7) is 4.52. The van der Waals surface area contributed by atoms with Crippen LogP contribution in [0.5, 0.6) is 0 Å². The van der Waals surface area contributed by atoms with Gasteiger partial charge in [-0.1, -0.05) is 11.6 Å². The van der Waals surface area contributed by atoms with Crippen molar-refractivity contribution < 1.29 is 9.66 Å². The molecule has 1 saturated heterocycles. The predicted molar refractivity (Wildman–Crippen MR) is 61.2 cm³/mol. The summed E-state index contributed by atoms with van der Waals surface area (Å²) >= 11 is 5.85. The molecule has 17 heavy (non-hydrogen) atoms. The average molecular weight is 261 g/mol. The first-order valence-electron chi connectivity index (χ1n) is 5.34. The van der Waals surface area contributed by atoms with Gasteiger partial charge in [-0.25, -0.2) is 4.68 Å². The zero-order valence-electron chi connectivity index (χ0n) is 9.21. The van der Waals surface area contributed by atoms with E-state index in [1.54, 1.807) is 0 Å². The van der Waals surface area contributed by atoms with Gasteiger partial charge in [0.1, 0.15) is 6.20 Å². The first-order valence-corrected chi connectivity index (χ1v) is 5.72. The van der Waals surface area contributed by atoms with Gasteiger partial charge in [-0.05, 0) is 0 Å². The van der Waals surface area contributed by atoms with Crippen molar-refractivity contribution in [2.75, 3.05) is 32.8 Å². The number of ether oxygens (including phenoxy) is 1. The molecule has 0 spiro atoms. The molecule has 0 aromatic carbocycles. The topological polar surface area (TPSA) is 73.4 Å². The molecule has 0 unspecified atom stereocenters. The Morgan fingerprint density at radius 2 is 2.18 bits per heavy atom. The van der Waals surface area contributed by atoms with Crippen molar-refractivity contribution in [3.05, 3.63) is 21.5 Å². The van der Waals surface area contributed by atoms with E-state index < -0.39 is 4.92 Å². The zero-order valence-corrected chi connectivity index (χ0v) is 9.97. The molecule has 0 saturated carbocycles. The maximum atomic E-state index is 10.6. The Labute approximate surface area is 103 Å². The molecule has 2 rings (SSSR count). The standard InChI is InChI=1S/C9H13ClN4O3/c10-9-8(14(15)16)7-11-13(9)2-1-12-3-5-17-6-4-12/h7H,1-6H2. The van der Waals surface area contributed by atoms with Gasteiger partial charge >= 0.3 is 5.69 Å². The summed E-state index contributed by atoms with van der Waals surface area (Å²) in [6, 6.07) is 0. The summed E-state index contributed by atoms with van der Waals surface area (Å²) < 4.78 is 6.69. The van der Waals surface area contributed by atoms with Crippen molar-refractivity contribution in [2.24, 2.45) is 0 Å². The van der Waals surface area contributed by atoms with Crippen LogP contribution in [0.25, 0.3) is 0 Å². The van der Waals surface area contributed by atoms with Gasteiger partial charge in [0.25, 0.3) is 0 Å². The van der Waals surface area contributed by atoms with Crippen molar-refractivity contribution in [3.8, 4) is 0 Å². The van der Waals surface area contributed by atoms with Crippen molar-refractivity contribution in [3.63, 3.8) is 0 Å². The van der Waals surface area contributed by atoms with Gasteiger partial charge in [-0.2, -0.15) is 5.10 Å². The smallest absolute Gasteiger partial charge is 0.325 e. The lowest BCUT2D eigenvalue weighted by molar-refractivity contribution is -0.384.